The Bertz CT molecular complexity index is 171. The summed E-state index contributed by atoms with van der Waals surface area (Å²) in [5, 5.41) is 3.36. The van der Waals surface area contributed by atoms with E-state index in [1.54, 1.807) is 23.9 Å². The Labute approximate surface area is 50.5 Å². The molecule has 1 heterocycles. The van der Waals surface area contributed by atoms with E-state index < -0.39 is 10.8 Å². The van der Waals surface area contributed by atoms with Crippen molar-refractivity contribution in [3.05, 3.63) is 16.8 Å². The Balaban J connectivity index is 2.84. The SMILES string of the molecule is COc1cc[s+](O)c1. The van der Waals surface area contributed by atoms with Gasteiger partial charge in [0.25, 0.3) is 0 Å². The van der Waals surface area contributed by atoms with Crippen molar-refractivity contribution in [1.29, 1.82) is 0 Å². The molecule has 0 saturated carbocycles. The molecule has 2 nitrogen and oxygen atoms in total. The van der Waals surface area contributed by atoms with Crippen LogP contribution in [0.25, 0.3) is 0 Å². The molecule has 3 heteroatoms. The van der Waals surface area contributed by atoms with E-state index >= 15 is 0 Å². The lowest BCUT2D eigenvalue weighted by Crippen LogP contribution is -1.74. The van der Waals surface area contributed by atoms with E-state index in [9.17, 15) is 0 Å². The minimum atomic E-state index is -0.670. The zero-order chi connectivity index (χ0) is 5.98. The summed E-state index contributed by atoms with van der Waals surface area (Å²) in [5.41, 5.74) is 0. The molecular formula is C5H7O2S+. The standard InChI is InChI=1S/C5H7O2S/c1-7-5-2-3-8(6)4-5/h2-4,6H,1H3/q+1. The van der Waals surface area contributed by atoms with Crippen molar-refractivity contribution in [2.45, 2.75) is 0 Å². The first-order valence-electron chi connectivity index (χ1n) is 2.18. The maximum absolute atomic E-state index is 8.82. The molecule has 0 aliphatic carbocycles. The van der Waals surface area contributed by atoms with E-state index in [1.807, 2.05) is 0 Å². The highest BCUT2D eigenvalue weighted by Gasteiger charge is 2.01. The summed E-state index contributed by atoms with van der Waals surface area (Å²) in [6.07, 6.45) is 0. The third kappa shape index (κ3) is 0.993. The molecule has 0 spiro atoms. The molecule has 1 atom stereocenters. The van der Waals surface area contributed by atoms with Gasteiger partial charge in [-0.3, -0.25) is 0 Å². The predicted molar refractivity (Wildman–Crippen MR) is 32.8 cm³/mol. The van der Waals surface area contributed by atoms with Crippen LogP contribution in [0.15, 0.2) is 16.8 Å². The molecule has 1 rings (SSSR count). The van der Waals surface area contributed by atoms with Crippen LogP contribution in [-0.2, 0) is 0 Å². The molecule has 0 bridgehead atoms. The number of hydrogen-bond donors (Lipinski definition) is 1. The van der Waals surface area contributed by atoms with Gasteiger partial charge >= 0.3 is 0 Å². The summed E-state index contributed by atoms with van der Waals surface area (Å²) in [5.74, 6) is 0.746. The first-order chi connectivity index (χ1) is 3.83. The average Bonchev–Trinajstić information content (AvgIpc) is 2.14. The lowest BCUT2D eigenvalue weighted by molar-refractivity contribution is 0.416. The van der Waals surface area contributed by atoms with Gasteiger partial charge in [-0.25, -0.2) is 0 Å². The summed E-state index contributed by atoms with van der Waals surface area (Å²) in [7, 11) is 0.912. The van der Waals surface area contributed by atoms with Crippen LogP contribution in [-0.4, -0.2) is 11.7 Å². The van der Waals surface area contributed by atoms with Crippen molar-refractivity contribution in [2.75, 3.05) is 7.11 Å². The third-order valence-electron chi connectivity index (χ3n) is 0.844. The van der Waals surface area contributed by atoms with Crippen LogP contribution in [0.5, 0.6) is 5.75 Å². The zero-order valence-corrected chi connectivity index (χ0v) is 5.31. The van der Waals surface area contributed by atoms with Gasteiger partial charge < -0.3 is 4.74 Å². The number of methoxy groups -OCH3 is 1. The van der Waals surface area contributed by atoms with Gasteiger partial charge in [0.15, 0.2) is 11.1 Å². The van der Waals surface area contributed by atoms with Gasteiger partial charge in [-0.2, -0.15) is 4.55 Å². The number of thiophene rings is 1. The smallest absolute Gasteiger partial charge is 0.216 e. The number of hydrogen-bond acceptors (Lipinski definition) is 2. The summed E-state index contributed by atoms with van der Waals surface area (Å²) in [4.78, 5) is 0. The largest absolute Gasteiger partial charge is 0.492 e. The molecule has 44 valence electrons. The van der Waals surface area contributed by atoms with Crippen molar-refractivity contribution in [2.24, 2.45) is 0 Å². The molecule has 1 unspecified atom stereocenters. The van der Waals surface area contributed by atoms with Gasteiger partial charge in [0.1, 0.15) is 10.8 Å². The second-order valence-electron chi connectivity index (χ2n) is 1.37. The van der Waals surface area contributed by atoms with Crippen molar-refractivity contribution in [3.63, 3.8) is 0 Å². The van der Waals surface area contributed by atoms with Gasteiger partial charge in [0.05, 0.1) is 7.11 Å². The quantitative estimate of drug-likeness (QED) is 0.586. The predicted octanol–water partition coefficient (Wildman–Crippen LogP) is 1.58. The molecule has 0 saturated heterocycles. The molecule has 0 aromatic carbocycles. The molecule has 0 fully saturated rings. The van der Waals surface area contributed by atoms with Crippen LogP contribution < -0.4 is 4.74 Å². The summed E-state index contributed by atoms with van der Waals surface area (Å²) in [6, 6.07) is 1.75. The minimum Gasteiger partial charge on any atom is -0.492 e. The second kappa shape index (κ2) is 2.15. The van der Waals surface area contributed by atoms with Crippen LogP contribution >= 0.6 is 10.8 Å². The van der Waals surface area contributed by atoms with Crippen molar-refractivity contribution >= 4 is 10.8 Å². The fourth-order valence-electron chi connectivity index (χ4n) is 0.451. The monoisotopic (exact) mass is 131 g/mol. The molecule has 1 aromatic heterocycles. The van der Waals surface area contributed by atoms with Crippen molar-refractivity contribution in [3.8, 4) is 5.75 Å². The van der Waals surface area contributed by atoms with E-state index in [0.717, 1.165) is 5.75 Å². The van der Waals surface area contributed by atoms with E-state index in [-0.39, 0.29) is 0 Å². The highest BCUT2D eigenvalue weighted by molar-refractivity contribution is 7.22. The summed E-state index contributed by atoms with van der Waals surface area (Å²) >= 11 is 0. The van der Waals surface area contributed by atoms with Crippen molar-refractivity contribution < 1.29 is 9.29 Å². The molecule has 0 amide bonds. The van der Waals surface area contributed by atoms with Gasteiger partial charge in [0, 0.05) is 6.07 Å². The maximum atomic E-state index is 8.82. The Kier molecular flexibility index (Phi) is 1.50. The molecule has 0 aliphatic rings. The average molecular weight is 131 g/mol. The Hall–Kier alpha value is -0.540. The molecule has 0 radical (unpaired) electrons. The van der Waals surface area contributed by atoms with E-state index in [4.69, 9.17) is 9.29 Å². The van der Waals surface area contributed by atoms with Crippen LogP contribution in [0.3, 0.4) is 0 Å². The molecule has 8 heavy (non-hydrogen) atoms. The zero-order valence-electron chi connectivity index (χ0n) is 4.50. The van der Waals surface area contributed by atoms with Crippen LogP contribution in [0.1, 0.15) is 0 Å². The molecular weight excluding hydrogens is 124 g/mol. The number of rotatable bonds is 1. The first kappa shape index (κ1) is 5.59. The highest BCUT2D eigenvalue weighted by atomic mass is 32.2. The molecule has 1 aromatic rings. The number of ether oxygens (including phenoxy) is 1. The molecule has 0 aliphatic heterocycles. The van der Waals surface area contributed by atoms with Crippen LogP contribution in [0.2, 0.25) is 0 Å². The third-order valence-corrected chi connectivity index (χ3v) is 1.73. The fourth-order valence-corrected chi connectivity index (χ4v) is 1.22. The lowest BCUT2D eigenvalue weighted by atomic mass is 10.6. The van der Waals surface area contributed by atoms with E-state index in [0.29, 0.717) is 0 Å². The first-order valence-corrected chi connectivity index (χ1v) is 3.48. The Morgan fingerprint density at radius 3 is 2.75 bits per heavy atom. The molecule has 1 N–H and O–H groups in total. The minimum absolute atomic E-state index is 0.670. The maximum Gasteiger partial charge on any atom is 0.216 e. The Morgan fingerprint density at radius 2 is 2.50 bits per heavy atom. The van der Waals surface area contributed by atoms with E-state index in [1.165, 1.54) is 0 Å². The fraction of sp³-hybridized carbons (Fsp3) is 0.200. The van der Waals surface area contributed by atoms with E-state index in [2.05, 4.69) is 0 Å². The van der Waals surface area contributed by atoms with Gasteiger partial charge in [-0.15, -0.1) is 0 Å². The second-order valence-corrected chi connectivity index (χ2v) is 2.58. The Morgan fingerprint density at radius 1 is 1.75 bits per heavy atom. The highest BCUT2D eigenvalue weighted by Crippen LogP contribution is 2.21. The van der Waals surface area contributed by atoms with Crippen molar-refractivity contribution in [1.82, 2.24) is 0 Å². The summed E-state index contributed by atoms with van der Waals surface area (Å²) < 4.78 is 13.6. The van der Waals surface area contributed by atoms with Gasteiger partial charge in [0.2, 0.25) is 5.38 Å². The van der Waals surface area contributed by atoms with Gasteiger partial charge in [-0.1, -0.05) is 0 Å². The van der Waals surface area contributed by atoms with Crippen LogP contribution in [0.4, 0.5) is 0 Å². The van der Waals surface area contributed by atoms with Gasteiger partial charge in [-0.05, 0) is 0 Å². The topological polar surface area (TPSA) is 29.5 Å². The normalized spacial score (nSPS) is 11.5. The lowest BCUT2D eigenvalue weighted by Gasteiger charge is -1.83. The van der Waals surface area contributed by atoms with Crippen LogP contribution in [0, 0.1) is 0 Å². The summed E-state index contributed by atoms with van der Waals surface area (Å²) in [6.45, 7) is 0.